The molecule has 0 spiro atoms. The molecule has 0 aliphatic carbocycles. The van der Waals surface area contributed by atoms with Gasteiger partial charge in [0.2, 0.25) is 0 Å². The number of oxazole rings is 1. The van der Waals surface area contributed by atoms with E-state index >= 15 is 0 Å². The minimum Gasteiger partial charge on any atom is -0.480 e. The molecule has 118 valence electrons. The topological polar surface area (TPSA) is 66.6 Å². The SMILES string of the molecule is CC(C)Cc1ccc2nc(N3CCCC[C@H]3C(=O)O)oc2c1. The Balaban J connectivity index is 1.92. The molecule has 1 aromatic heterocycles. The van der Waals surface area contributed by atoms with Crippen molar-refractivity contribution in [3.8, 4) is 0 Å². The van der Waals surface area contributed by atoms with Gasteiger partial charge in [-0.3, -0.25) is 0 Å². The highest BCUT2D eigenvalue weighted by Gasteiger charge is 2.31. The van der Waals surface area contributed by atoms with Gasteiger partial charge in [0.15, 0.2) is 5.58 Å². The summed E-state index contributed by atoms with van der Waals surface area (Å²) in [4.78, 5) is 17.7. The number of aliphatic carboxylic acids is 1. The van der Waals surface area contributed by atoms with Gasteiger partial charge in [-0.15, -0.1) is 0 Å². The Morgan fingerprint density at radius 2 is 2.27 bits per heavy atom. The van der Waals surface area contributed by atoms with Crippen LogP contribution < -0.4 is 4.90 Å². The van der Waals surface area contributed by atoms with Gasteiger partial charge in [0.1, 0.15) is 11.6 Å². The number of hydrogen-bond donors (Lipinski definition) is 1. The number of carbonyl (C=O) groups is 1. The minimum absolute atomic E-state index is 0.434. The van der Waals surface area contributed by atoms with Crippen molar-refractivity contribution in [1.82, 2.24) is 4.98 Å². The lowest BCUT2D eigenvalue weighted by Crippen LogP contribution is -2.44. The Hall–Kier alpha value is -2.04. The second-order valence-corrected chi connectivity index (χ2v) is 6.44. The van der Waals surface area contributed by atoms with E-state index in [-0.39, 0.29) is 0 Å². The van der Waals surface area contributed by atoms with Gasteiger partial charge in [-0.2, -0.15) is 4.98 Å². The second-order valence-electron chi connectivity index (χ2n) is 6.44. The highest BCUT2D eigenvalue weighted by Crippen LogP contribution is 2.28. The number of fused-ring (bicyclic) bond motifs is 1. The Kier molecular flexibility index (Phi) is 4.05. The molecule has 0 bridgehead atoms. The molecule has 5 nitrogen and oxygen atoms in total. The third kappa shape index (κ3) is 2.93. The summed E-state index contributed by atoms with van der Waals surface area (Å²) in [6, 6.07) is 5.95. The van der Waals surface area contributed by atoms with Gasteiger partial charge in [0.25, 0.3) is 6.01 Å². The minimum atomic E-state index is -0.803. The zero-order chi connectivity index (χ0) is 15.7. The molecule has 0 amide bonds. The fourth-order valence-corrected chi connectivity index (χ4v) is 3.10. The lowest BCUT2D eigenvalue weighted by atomic mass is 10.0. The maximum Gasteiger partial charge on any atom is 0.326 e. The van der Waals surface area contributed by atoms with E-state index in [4.69, 9.17) is 4.42 Å². The number of aromatic nitrogens is 1. The van der Waals surface area contributed by atoms with Crippen LogP contribution in [0.3, 0.4) is 0 Å². The highest BCUT2D eigenvalue weighted by molar-refractivity contribution is 5.79. The molecule has 0 saturated carbocycles. The van der Waals surface area contributed by atoms with Crippen molar-refractivity contribution in [2.24, 2.45) is 5.92 Å². The van der Waals surface area contributed by atoms with Crippen LogP contribution in [-0.4, -0.2) is 28.6 Å². The summed E-state index contributed by atoms with van der Waals surface area (Å²) < 4.78 is 5.86. The van der Waals surface area contributed by atoms with E-state index in [2.05, 4.69) is 24.9 Å². The molecular formula is C17H22N2O3. The van der Waals surface area contributed by atoms with Crippen LogP contribution in [-0.2, 0) is 11.2 Å². The molecule has 1 saturated heterocycles. The zero-order valence-electron chi connectivity index (χ0n) is 13.1. The van der Waals surface area contributed by atoms with Crippen molar-refractivity contribution in [1.29, 1.82) is 0 Å². The summed E-state index contributed by atoms with van der Waals surface area (Å²) in [6.07, 6.45) is 3.55. The van der Waals surface area contributed by atoms with Crippen LogP contribution in [0, 0.1) is 5.92 Å². The van der Waals surface area contributed by atoms with Gasteiger partial charge in [-0.1, -0.05) is 19.9 Å². The van der Waals surface area contributed by atoms with E-state index < -0.39 is 12.0 Å². The number of anilines is 1. The first kappa shape index (κ1) is 14.9. The molecule has 1 aliphatic heterocycles. The quantitative estimate of drug-likeness (QED) is 0.936. The first-order valence-electron chi connectivity index (χ1n) is 7.93. The van der Waals surface area contributed by atoms with Crippen LogP contribution in [0.25, 0.3) is 11.1 Å². The summed E-state index contributed by atoms with van der Waals surface area (Å²) in [6.45, 7) is 5.05. The molecule has 1 atom stereocenters. The molecule has 3 rings (SSSR count). The lowest BCUT2D eigenvalue weighted by molar-refractivity contribution is -0.139. The zero-order valence-corrected chi connectivity index (χ0v) is 13.1. The number of nitrogens with zero attached hydrogens (tertiary/aromatic N) is 2. The molecule has 0 unspecified atom stereocenters. The smallest absolute Gasteiger partial charge is 0.326 e. The van der Waals surface area contributed by atoms with Gasteiger partial charge in [0.05, 0.1) is 0 Å². The molecule has 1 N–H and O–H groups in total. The number of benzene rings is 1. The van der Waals surface area contributed by atoms with Gasteiger partial charge in [0, 0.05) is 6.54 Å². The van der Waals surface area contributed by atoms with Crippen molar-refractivity contribution in [3.05, 3.63) is 23.8 Å². The van der Waals surface area contributed by atoms with E-state index in [0.717, 1.165) is 30.4 Å². The first-order valence-corrected chi connectivity index (χ1v) is 7.93. The van der Waals surface area contributed by atoms with E-state index in [0.29, 0.717) is 24.9 Å². The molecular weight excluding hydrogens is 280 g/mol. The van der Waals surface area contributed by atoms with E-state index in [9.17, 15) is 9.90 Å². The average molecular weight is 302 g/mol. The third-order valence-electron chi connectivity index (χ3n) is 4.12. The largest absolute Gasteiger partial charge is 0.480 e. The number of rotatable bonds is 4. The van der Waals surface area contributed by atoms with Crippen molar-refractivity contribution in [3.63, 3.8) is 0 Å². The summed E-state index contributed by atoms with van der Waals surface area (Å²) in [5.41, 5.74) is 2.75. The highest BCUT2D eigenvalue weighted by atomic mass is 16.4. The van der Waals surface area contributed by atoms with Crippen LogP contribution in [0.15, 0.2) is 22.6 Å². The van der Waals surface area contributed by atoms with Crippen molar-refractivity contribution in [2.75, 3.05) is 11.4 Å². The fraction of sp³-hybridized carbons (Fsp3) is 0.529. The normalized spacial score (nSPS) is 19.0. The Bertz CT molecular complexity index is 678. The van der Waals surface area contributed by atoms with Gasteiger partial charge < -0.3 is 14.4 Å². The van der Waals surface area contributed by atoms with Gasteiger partial charge in [-0.25, -0.2) is 4.79 Å². The average Bonchev–Trinajstić information content (AvgIpc) is 2.89. The predicted octanol–water partition coefficient (Wildman–Crippen LogP) is 3.47. The standard InChI is InChI=1S/C17H22N2O3/c1-11(2)9-12-6-7-13-15(10-12)22-17(18-13)19-8-4-3-5-14(19)16(20)21/h6-7,10-11,14H,3-5,8-9H2,1-2H3,(H,20,21)/t14-/m0/s1. The Labute approximate surface area is 129 Å². The number of carboxylic acids is 1. The predicted molar refractivity (Wildman–Crippen MR) is 85.2 cm³/mol. The maximum absolute atomic E-state index is 11.4. The Morgan fingerprint density at radius 3 is 3.00 bits per heavy atom. The molecule has 22 heavy (non-hydrogen) atoms. The van der Waals surface area contributed by atoms with Crippen molar-refractivity contribution in [2.45, 2.75) is 45.6 Å². The summed E-state index contributed by atoms with van der Waals surface area (Å²) in [5.74, 6) is -0.221. The summed E-state index contributed by atoms with van der Waals surface area (Å²) in [7, 11) is 0. The van der Waals surface area contributed by atoms with Crippen molar-refractivity contribution >= 4 is 23.1 Å². The first-order chi connectivity index (χ1) is 10.5. The van der Waals surface area contributed by atoms with Crippen LogP contribution in [0.5, 0.6) is 0 Å². The van der Waals surface area contributed by atoms with Crippen LogP contribution in [0.1, 0.15) is 38.7 Å². The lowest BCUT2D eigenvalue weighted by Gasteiger charge is -2.31. The molecule has 1 aliphatic rings. The molecule has 2 aromatic rings. The molecule has 5 heteroatoms. The number of hydrogen-bond acceptors (Lipinski definition) is 4. The number of carboxylic acid groups (broad SMARTS) is 1. The summed E-state index contributed by atoms with van der Waals surface area (Å²) >= 11 is 0. The van der Waals surface area contributed by atoms with Crippen LogP contribution in [0.2, 0.25) is 0 Å². The van der Waals surface area contributed by atoms with E-state index in [1.165, 1.54) is 5.56 Å². The van der Waals surface area contributed by atoms with Crippen LogP contribution >= 0.6 is 0 Å². The maximum atomic E-state index is 11.4. The van der Waals surface area contributed by atoms with Crippen molar-refractivity contribution < 1.29 is 14.3 Å². The van der Waals surface area contributed by atoms with E-state index in [1.54, 1.807) is 4.90 Å². The van der Waals surface area contributed by atoms with Crippen LogP contribution in [0.4, 0.5) is 6.01 Å². The van der Waals surface area contributed by atoms with E-state index in [1.807, 2.05) is 12.1 Å². The monoisotopic (exact) mass is 302 g/mol. The van der Waals surface area contributed by atoms with Gasteiger partial charge in [-0.05, 0) is 49.3 Å². The molecule has 1 aromatic carbocycles. The molecule has 2 heterocycles. The number of piperidine rings is 1. The third-order valence-corrected chi connectivity index (χ3v) is 4.12. The second kappa shape index (κ2) is 5.99. The molecule has 0 radical (unpaired) electrons. The molecule has 1 fully saturated rings. The summed E-state index contributed by atoms with van der Waals surface area (Å²) in [5, 5.41) is 9.38. The Morgan fingerprint density at radius 1 is 1.45 bits per heavy atom. The fourth-order valence-electron chi connectivity index (χ4n) is 3.10. The van der Waals surface area contributed by atoms with Gasteiger partial charge >= 0.3 is 5.97 Å².